The number of nitrogens with zero attached hydrogens (tertiary/aromatic N) is 2. The summed E-state index contributed by atoms with van der Waals surface area (Å²) in [6.07, 6.45) is 2.91. The minimum Gasteiger partial charge on any atom is -0.365 e. The molecule has 132 valence electrons. The second-order valence-corrected chi connectivity index (χ2v) is 6.49. The van der Waals surface area contributed by atoms with Gasteiger partial charge in [0, 0.05) is 6.54 Å². The Balaban J connectivity index is 1.63. The summed E-state index contributed by atoms with van der Waals surface area (Å²) in [6, 6.07) is 13.2. The van der Waals surface area contributed by atoms with E-state index in [9.17, 15) is 4.79 Å². The lowest BCUT2D eigenvalue weighted by Crippen LogP contribution is -2.15. The monoisotopic (exact) mass is 386 g/mol. The molecule has 0 saturated heterocycles. The number of rotatable bonds is 5. The number of carbonyl (C=O) groups excluding carboxylic acids is 1. The average molecular weight is 387 g/mol. The molecule has 3 rings (SSSR count). The van der Waals surface area contributed by atoms with Gasteiger partial charge in [-0.1, -0.05) is 59.1 Å². The Morgan fingerprint density at radius 3 is 2.31 bits per heavy atom. The molecule has 0 bridgehead atoms. The fourth-order valence-electron chi connectivity index (χ4n) is 2.23. The van der Waals surface area contributed by atoms with Crippen LogP contribution >= 0.6 is 23.2 Å². The predicted octanol–water partition coefficient (Wildman–Crippen LogP) is 4.96. The number of hydrogen-bond acceptors (Lipinski definition) is 4. The van der Waals surface area contributed by atoms with Crippen molar-refractivity contribution >= 4 is 40.6 Å². The smallest absolute Gasteiger partial charge is 0.275 e. The molecule has 3 aromatic rings. The lowest BCUT2D eigenvalue weighted by molar-refractivity contribution is 0.102. The van der Waals surface area contributed by atoms with Gasteiger partial charge in [-0.05, 0) is 24.6 Å². The minimum absolute atomic E-state index is 0.168. The van der Waals surface area contributed by atoms with Crippen LogP contribution in [0.25, 0.3) is 0 Å². The van der Waals surface area contributed by atoms with E-state index in [2.05, 4.69) is 32.7 Å². The van der Waals surface area contributed by atoms with Crippen molar-refractivity contribution in [3.63, 3.8) is 0 Å². The zero-order valence-corrected chi connectivity index (χ0v) is 15.5. The molecule has 0 radical (unpaired) electrons. The van der Waals surface area contributed by atoms with Crippen molar-refractivity contribution < 1.29 is 4.79 Å². The molecule has 0 unspecified atom stereocenters. The summed E-state index contributed by atoms with van der Waals surface area (Å²) < 4.78 is 0. The van der Waals surface area contributed by atoms with E-state index < -0.39 is 5.91 Å². The van der Waals surface area contributed by atoms with Crippen molar-refractivity contribution in [2.24, 2.45) is 0 Å². The topological polar surface area (TPSA) is 66.9 Å². The molecule has 0 atom stereocenters. The highest BCUT2D eigenvalue weighted by Crippen LogP contribution is 2.30. The van der Waals surface area contributed by atoms with Gasteiger partial charge in [-0.15, -0.1) is 0 Å². The summed E-state index contributed by atoms with van der Waals surface area (Å²) in [5, 5.41) is 6.53. The molecule has 7 heteroatoms. The molecule has 1 heterocycles. The fourth-order valence-corrected chi connectivity index (χ4v) is 2.72. The Bertz CT molecular complexity index is 892. The lowest BCUT2D eigenvalue weighted by Gasteiger charge is -2.09. The number of aryl methyl sites for hydroxylation is 1. The number of anilines is 2. The molecule has 1 amide bonds. The third kappa shape index (κ3) is 4.50. The molecule has 0 aliphatic heterocycles. The third-order valence-corrected chi connectivity index (χ3v) is 4.31. The maximum Gasteiger partial charge on any atom is 0.275 e. The van der Waals surface area contributed by atoms with E-state index in [1.165, 1.54) is 18.0 Å². The van der Waals surface area contributed by atoms with Crippen LogP contribution in [-0.2, 0) is 6.54 Å². The van der Waals surface area contributed by atoms with E-state index in [0.29, 0.717) is 28.1 Å². The summed E-state index contributed by atoms with van der Waals surface area (Å²) in [7, 11) is 0. The Labute approximate surface area is 161 Å². The first-order valence-corrected chi connectivity index (χ1v) is 8.65. The molecule has 2 aromatic carbocycles. The first kappa shape index (κ1) is 18.2. The molecule has 0 aliphatic carbocycles. The van der Waals surface area contributed by atoms with Crippen LogP contribution < -0.4 is 10.6 Å². The second-order valence-electron chi connectivity index (χ2n) is 5.68. The Kier molecular flexibility index (Phi) is 5.71. The van der Waals surface area contributed by atoms with Crippen molar-refractivity contribution in [1.82, 2.24) is 9.97 Å². The Morgan fingerprint density at radius 2 is 1.69 bits per heavy atom. The van der Waals surface area contributed by atoms with E-state index >= 15 is 0 Å². The van der Waals surface area contributed by atoms with Gasteiger partial charge in [0.15, 0.2) is 0 Å². The van der Waals surface area contributed by atoms with Crippen LogP contribution in [0.1, 0.15) is 21.6 Å². The molecule has 1 aromatic heterocycles. The second kappa shape index (κ2) is 8.17. The fraction of sp³-hybridized carbons (Fsp3) is 0.105. The highest BCUT2D eigenvalue weighted by molar-refractivity contribution is 6.39. The number of benzene rings is 2. The number of hydrogen-bond donors (Lipinski definition) is 2. The molecule has 0 saturated carbocycles. The van der Waals surface area contributed by atoms with Crippen LogP contribution in [0.4, 0.5) is 11.5 Å². The normalized spacial score (nSPS) is 10.4. The molecular formula is C19H16Cl2N4O. The van der Waals surface area contributed by atoms with Crippen molar-refractivity contribution in [2.45, 2.75) is 13.5 Å². The SMILES string of the molecule is Cc1ccc(CNc2cnc(C(=O)Nc3c(Cl)cccc3Cl)cn2)cc1. The number of nitrogens with one attached hydrogen (secondary N) is 2. The van der Waals surface area contributed by atoms with E-state index in [0.717, 1.165) is 5.56 Å². The lowest BCUT2D eigenvalue weighted by atomic mass is 10.1. The largest absolute Gasteiger partial charge is 0.365 e. The molecule has 0 aliphatic rings. The van der Waals surface area contributed by atoms with Crippen molar-refractivity contribution in [3.8, 4) is 0 Å². The van der Waals surface area contributed by atoms with E-state index in [-0.39, 0.29) is 5.69 Å². The van der Waals surface area contributed by atoms with Gasteiger partial charge in [-0.2, -0.15) is 0 Å². The van der Waals surface area contributed by atoms with E-state index in [1.54, 1.807) is 18.2 Å². The Hall–Kier alpha value is -2.63. The molecule has 0 fully saturated rings. The van der Waals surface area contributed by atoms with Crippen LogP contribution in [0.15, 0.2) is 54.9 Å². The Morgan fingerprint density at radius 1 is 1.00 bits per heavy atom. The maximum absolute atomic E-state index is 12.3. The number of aromatic nitrogens is 2. The zero-order valence-electron chi connectivity index (χ0n) is 14.0. The van der Waals surface area contributed by atoms with Crippen LogP contribution in [0.5, 0.6) is 0 Å². The van der Waals surface area contributed by atoms with Gasteiger partial charge in [-0.25, -0.2) is 9.97 Å². The zero-order chi connectivity index (χ0) is 18.5. The standard InChI is InChI=1S/C19H16Cl2N4O/c1-12-5-7-13(8-6-12)9-23-17-11-22-16(10-24-17)19(26)25-18-14(20)3-2-4-15(18)21/h2-8,10-11H,9H2,1H3,(H,23,24)(H,25,26). The summed E-state index contributed by atoms with van der Waals surface area (Å²) in [4.78, 5) is 20.6. The van der Waals surface area contributed by atoms with Gasteiger partial charge in [0.2, 0.25) is 0 Å². The van der Waals surface area contributed by atoms with E-state index in [4.69, 9.17) is 23.2 Å². The van der Waals surface area contributed by atoms with E-state index in [1.807, 2.05) is 19.1 Å². The number of halogens is 2. The first-order chi connectivity index (χ1) is 12.5. The van der Waals surface area contributed by atoms with Crippen molar-refractivity contribution in [3.05, 3.63) is 81.7 Å². The van der Waals surface area contributed by atoms with Gasteiger partial charge < -0.3 is 10.6 Å². The summed E-state index contributed by atoms with van der Waals surface area (Å²) in [6.45, 7) is 2.66. The number of para-hydroxylation sites is 1. The number of carbonyl (C=O) groups is 1. The van der Waals surface area contributed by atoms with Crippen molar-refractivity contribution in [2.75, 3.05) is 10.6 Å². The highest BCUT2D eigenvalue weighted by atomic mass is 35.5. The highest BCUT2D eigenvalue weighted by Gasteiger charge is 2.13. The third-order valence-electron chi connectivity index (χ3n) is 3.68. The van der Waals surface area contributed by atoms with Crippen LogP contribution in [-0.4, -0.2) is 15.9 Å². The average Bonchev–Trinajstić information content (AvgIpc) is 2.65. The minimum atomic E-state index is -0.433. The summed E-state index contributed by atoms with van der Waals surface area (Å²) >= 11 is 12.1. The molecule has 5 nitrogen and oxygen atoms in total. The first-order valence-electron chi connectivity index (χ1n) is 7.90. The maximum atomic E-state index is 12.3. The molecular weight excluding hydrogens is 371 g/mol. The van der Waals surface area contributed by atoms with Gasteiger partial charge in [0.1, 0.15) is 11.5 Å². The quantitative estimate of drug-likeness (QED) is 0.650. The molecule has 26 heavy (non-hydrogen) atoms. The van der Waals surface area contributed by atoms with Crippen molar-refractivity contribution in [1.29, 1.82) is 0 Å². The van der Waals surface area contributed by atoms with Gasteiger partial charge >= 0.3 is 0 Å². The molecule has 2 N–H and O–H groups in total. The van der Waals surface area contributed by atoms with Gasteiger partial charge in [0.05, 0.1) is 28.1 Å². The van der Waals surface area contributed by atoms with Crippen LogP contribution in [0.3, 0.4) is 0 Å². The number of amides is 1. The summed E-state index contributed by atoms with van der Waals surface area (Å²) in [5.74, 6) is 0.149. The van der Waals surface area contributed by atoms with Gasteiger partial charge in [-0.3, -0.25) is 4.79 Å². The summed E-state index contributed by atoms with van der Waals surface area (Å²) in [5.41, 5.74) is 2.86. The van der Waals surface area contributed by atoms with Crippen LogP contribution in [0, 0.1) is 6.92 Å². The predicted molar refractivity (Wildman–Crippen MR) is 105 cm³/mol. The molecule has 0 spiro atoms. The van der Waals surface area contributed by atoms with Crippen LogP contribution in [0.2, 0.25) is 10.0 Å². The van der Waals surface area contributed by atoms with Gasteiger partial charge in [0.25, 0.3) is 5.91 Å².